The van der Waals surface area contributed by atoms with E-state index in [1.54, 1.807) is 18.2 Å². The number of aromatic amines is 1. The maximum absolute atomic E-state index is 12.5. The summed E-state index contributed by atoms with van der Waals surface area (Å²) in [6, 6.07) is 14.6. The van der Waals surface area contributed by atoms with E-state index in [9.17, 15) is 9.59 Å². The molecule has 132 valence electrons. The van der Waals surface area contributed by atoms with E-state index in [0.717, 1.165) is 16.6 Å². The van der Waals surface area contributed by atoms with Gasteiger partial charge in [0.25, 0.3) is 11.8 Å². The summed E-state index contributed by atoms with van der Waals surface area (Å²) >= 11 is 0. The Morgan fingerprint density at radius 2 is 1.77 bits per heavy atom. The fourth-order valence-corrected chi connectivity index (χ4v) is 2.98. The van der Waals surface area contributed by atoms with Crippen LogP contribution in [-0.2, 0) is 4.79 Å². The van der Waals surface area contributed by atoms with E-state index in [1.807, 2.05) is 37.3 Å². The van der Waals surface area contributed by atoms with Crippen molar-refractivity contribution in [1.82, 2.24) is 15.8 Å². The van der Waals surface area contributed by atoms with Crippen LogP contribution in [0.5, 0.6) is 11.5 Å². The molecule has 0 fully saturated rings. The molecule has 7 heteroatoms. The maximum Gasteiger partial charge on any atom is 0.283 e. The van der Waals surface area contributed by atoms with Crippen LogP contribution in [-0.4, -0.2) is 29.5 Å². The molecule has 1 unspecified atom stereocenters. The lowest BCUT2D eigenvalue weighted by atomic mass is 10.1. The molecule has 0 spiro atoms. The number of rotatable bonds is 2. The number of aromatic nitrogens is 1. The monoisotopic (exact) mass is 351 g/mol. The first kappa shape index (κ1) is 16.0. The first-order chi connectivity index (χ1) is 12.6. The fraction of sp³-hybridized carbons (Fsp3) is 0.158. The number of nitrogens with one attached hydrogen (secondary N) is 3. The van der Waals surface area contributed by atoms with Crippen LogP contribution in [0.3, 0.4) is 0 Å². The van der Waals surface area contributed by atoms with E-state index >= 15 is 0 Å². The smallest absolute Gasteiger partial charge is 0.283 e. The van der Waals surface area contributed by atoms with Crippen molar-refractivity contribution >= 4 is 22.7 Å². The van der Waals surface area contributed by atoms with Crippen molar-refractivity contribution in [3.63, 3.8) is 0 Å². The van der Waals surface area contributed by atoms with Gasteiger partial charge in [-0.25, -0.2) is 0 Å². The third-order valence-electron chi connectivity index (χ3n) is 4.22. The number of H-pyrrole nitrogens is 1. The highest BCUT2D eigenvalue weighted by Crippen LogP contribution is 2.30. The summed E-state index contributed by atoms with van der Waals surface area (Å²) in [4.78, 5) is 28.0. The molecule has 0 bridgehead atoms. The van der Waals surface area contributed by atoms with Crippen molar-refractivity contribution in [3.8, 4) is 11.5 Å². The molecule has 1 aliphatic rings. The van der Waals surface area contributed by atoms with Crippen molar-refractivity contribution in [2.24, 2.45) is 0 Å². The predicted octanol–water partition coefficient (Wildman–Crippen LogP) is 2.08. The molecule has 1 aliphatic heterocycles. The molecule has 3 N–H and O–H groups in total. The third kappa shape index (κ3) is 2.83. The molecular weight excluding hydrogens is 334 g/mol. The minimum Gasteiger partial charge on any atom is -0.485 e. The molecule has 26 heavy (non-hydrogen) atoms. The van der Waals surface area contributed by atoms with Gasteiger partial charge in [0.2, 0.25) is 6.10 Å². The standard InChI is InChI=1S/C19H17N3O4/c1-11-17(12-6-2-3-7-13(12)20-11)19(24)22-21-18(23)16-10-25-14-8-4-5-9-15(14)26-16/h2-9,16,20H,10H2,1H3,(H,21,23)(H,22,24). The number of para-hydroxylation sites is 3. The number of aryl methyl sites for hydroxylation is 1. The molecular formula is C19H17N3O4. The number of hydrogen-bond donors (Lipinski definition) is 3. The van der Waals surface area contributed by atoms with Gasteiger partial charge in [0.1, 0.15) is 6.61 Å². The summed E-state index contributed by atoms with van der Waals surface area (Å²) in [5.74, 6) is 0.212. The molecule has 3 aromatic rings. The lowest BCUT2D eigenvalue weighted by Gasteiger charge is -2.25. The van der Waals surface area contributed by atoms with Crippen LogP contribution < -0.4 is 20.3 Å². The van der Waals surface area contributed by atoms with Crippen molar-refractivity contribution < 1.29 is 19.1 Å². The molecule has 2 heterocycles. The van der Waals surface area contributed by atoms with Gasteiger partial charge in [0.15, 0.2) is 11.5 Å². The maximum atomic E-state index is 12.5. The summed E-state index contributed by atoms with van der Waals surface area (Å²) in [5.41, 5.74) is 6.93. The van der Waals surface area contributed by atoms with E-state index in [4.69, 9.17) is 9.47 Å². The Labute approximate surface area is 149 Å². The van der Waals surface area contributed by atoms with Gasteiger partial charge in [0.05, 0.1) is 5.56 Å². The Kier molecular flexibility index (Phi) is 3.96. The zero-order chi connectivity index (χ0) is 18.1. The molecule has 0 saturated carbocycles. The average molecular weight is 351 g/mol. The van der Waals surface area contributed by atoms with E-state index in [1.165, 1.54) is 0 Å². The second-order valence-electron chi connectivity index (χ2n) is 5.98. The van der Waals surface area contributed by atoms with E-state index in [0.29, 0.717) is 17.1 Å². The number of carbonyl (C=O) groups excluding carboxylic acids is 2. The van der Waals surface area contributed by atoms with Crippen LogP contribution in [0.4, 0.5) is 0 Å². The van der Waals surface area contributed by atoms with Gasteiger partial charge in [0, 0.05) is 16.6 Å². The topological polar surface area (TPSA) is 92.5 Å². The van der Waals surface area contributed by atoms with Crippen LogP contribution in [0.2, 0.25) is 0 Å². The Balaban J connectivity index is 1.43. The van der Waals surface area contributed by atoms with Crippen LogP contribution >= 0.6 is 0 Å². The number of ether oxygens (including phenoxy) is 2. The molecule has 2 amide bonds. The number of carbonyl (C=O) groups is 2. The van der Waals surface area contributed by atoms with Gasteiger partial charge in [-0.15, -0.1) is 0 Å². The highest BCUT2D eigenvalue weighted by Gasteiger charge is 2.28. The summed E-state index contributed by atoms with van der Waals surface area (Å²) in [5, 5.41) is 0.794. The second-order valence-corrected chi connectivity index (χ2v) is 5.98. The summed E-state index contributed by atoms with van der Waals surface area (Å²) < 4.78 is 11.1. The van der Waals surface area contributed by atoms with Gasteiger partial charge in [-0.1, -0.05) is 30.3 Å². The Bertz CT molecular complexity index is 995. The Morgan fingerprint density at radius 3 is 2.62 bits per heavy atom. The number of hydrogen-bond acceptors (Lipinski definition) is 4. The number of hydrazine groups is 1. The van der Waals surface area contributed by atoms with Crippen molar-refractivity contribution in [1.29, 1.82) is 0 Å². The zero-order valence-electron chi connectivity index (χ0n) is 14.0. The van der Waals surface area contributed by atoms with Crippen LogP contribution in [0.15, 0.2) is 48.5 Å². The fourth-order valence-electron chi connectivity index (χ4n) is 2.98. The molecule has 1 atom stereocenters. The van der Waals surface area contributed by atoms with E-state index in [-0.39, 0.29) is 6.61 Å². The van der Waals surface area contributed by atoms with Crippen LogP contribution in [0.1, 0.15) is 16.1 Å². The average Bonchev–Trinajstić information content (AvgIpc) is 3.01. The Hall–Kier alpha value is -3.48. The SMILES string of the molecule is Cc1[nH]c2ccccc2c1C(=O)NNC(=O)C1COc2ccccc2O1. The third-order valence-corrected chi connectivity index (χ3v) is 4.22. The molecule has 4 rings (SSSR count). The van der Waals surface area contributed by atoms with Crippen molar-refractivity contribution in [2.75, 3.05) is 6.61 Å². The summed E-state index contributed by atoms with van der Waals surface area (Å²) in [6.07, 6.45) is -0.839. The highest BCUT2D eigenvalue weighted by molar-refractivity contribution is 6.08. The van der Waals surface area contributed by atoms with Gasteiger partial charge >= 0.3 is 0 Å². The number of benzene rings is 2. The van der Waals surface area contributed by atoms with E-state index < -0.39 is 17.9 Å². The second kappa shape index (κ2) is 6.44. The zero-order valence-corrected chi connectivity index (χ0v) is 14.0. The summed E-state index contributed by atoms with van der Waals surface area (Å²) in [6.45, 7) is 1.89. The van der Waals surface area contributed by atoms with Gasteiger partial charge in [-0.2, -0.15) is 0 Å². The molecule has 7 nitrogen and oxygen atoms in total. The largest absolute Gasteiger partial charge is 0.485 e. The lowest BCUT2D eigenvalue weighted by molar-refractivity contribution is -0.131. The number of fused-ring (bicyclic) bond motifs is 2. The van der Waals surface area contributed by atoms with Crippen LogP contribution in [0, 0.1) is 6.92 Å². The van der Waals surface area contributed by atoms with Gasteiger partial charge < -0.3 is 14.5 Å². The highest BCUT2D eigenvalue weighted by atomic mass is 16.6. The lowest BCUT2D eigenvalue weighted by Crippen LogP contribution is -2.50. The minimum absolute atomic E-state index is 0.0742. The van der Waals surface area contributed by atoms with Gasteiger partial charge in [-0.3, -0.25) is 20.4 Å². The minimum atomic E-state index is -0.839. The molecule has 0 saturated heterocycles. The van der Waals surface area contributed by atoms with Gasteiger partial charge in [-0.05, 0) is 25.1 Å². The van der Waals surface area contributed by atoms with Crippen molar-refractivity contribution in [2.45, 2.75) is 13.0 Å². The normalized spacial score (nSPS) is 15.5. The van der Waals surface area contributed by atoms with Crippen LogP contribution in [0.25, 0.3) is 10.9 Å². The molecule has 0 radical (unpaired) electrons. The first-order valence-electron chi connectivity index (χ1n) is 8.19. The molecule has 1 aromatic heterocycles. The first-order valence-corrected chi connectivity index (χ1v) is 8.19. The molecule has 2 aromatic carbocycles. The van der Waals surface area contributed by atoms with Crippen molar-refractivity contribution in [3.05, 3.63) is 59.8 Å². The molecule has 0 aliphatic carbocycles. The quantitative estimate of drug-likeness (QED) is 0.616. The predicted molar refractivity (Wildman–Crippen MR) is 95.0 cm³/mol. The Morgan fingerprint density at radius 1 is 1.04 bits per heavy atom. The summed E-state index contributed by atoms with van der Waals surface area (Å²) in [7, 11) is 0. The van der Waals surface area contributed by atoms with E-state index in [2.05, 4.69) is 15.8 Å². The number of amides is 2.